The molecule has 0 fully saturated rings. The predicted octanol–water partition coefficient (Wildman–Crippen LogP) is 1.56. The molecule has 0 aliphatic rings. The monoisotopic (exact) mass is 282 g/mol. The van der Waals surface area contributed by atoms with Gasteiger partial charge in [0.25, 0.3) is 5.91 Å². The van der Waals surface area contributed by atoms with E-state index in [0.717, 1.165) is 11.4 Å². The van der Waals surface area contributed by atoms with Gasteiger partial charge in [-0.25, -0.2) is 0 Å². The molecule has 2 N–H and O–H groups in total. The van der Waals surface area contributed by atoms with Crippen molar-refractivity contribution in [1.29, 1.82) is 0 Å². The van der Waals surface area contributed by atoms with E-state index in [0.29, 0.717) is 23.5 Å². The molecule has 0 radical (unpaired) electrons. The fourth-order valence-corrected chi connectivity index (χ4v) is 2.14. The zero-order valence-corrected chi connectivity index (χ0v) is 13.0. The second-order valence-corrected chi connectivity index (χ2v) is 5.50. The Bertz CT molecular complexity index is 493. The SMILES string of the molecule is Cc1nn(C)c(C)c1C(=O)N(CCC(N)=S)C(C)C. The van der Waals surface area contributed by atoms with Crippen LogP contribution in [0.4, 0.5) is 0 Å². The van der Waals surface area contributed by atoms with Crippen LogP contribution >= 0.6 is 12.2 Å². The van der Waals surface area contributed by atoms with Crippen molar-refractivity contribution in [3.63, 3.8) is 0 Å². The Morgan fingerprint density at radius 2 is 2.05 bits per heavy atom. The highest BCUT2D eigenvalue weighted by atomic mass is 32.1. The number of aryl methyl sites for hydroxylation is 2. The van der Waals surface area contributed by atoms with E-state index < -0.39 is 0 Å². The molecule has 0 aromatic carbocycles. The smallest absolute Gasteiger partial charge is 0.257 e. The standard InChI is InChI=1S/C13H22N4OS/c1-8(2)17(7-6-11(14)19)13(18)12-9(3)15-16(5)10(12)4/h8H,6-7H2,1-5H3,(H2,14,19). The summed E-state index contributed by atoms with van der Waals surface area (Å²) < 4.78 is 1.73. The molecule has 0 unspecified atom stereocenters. The van der Waals surface area contributed by atoms with E-state index in [1.807, 2.05) is 34.7 Å². The van der Waals surface area contributed by atoms with Gasteiger partial charge in [0.15, 0.2) is 0 Å². The first kappa shape index (κ1) is 15.6. The number of rotatable bonds is 5. The third-order valence-electron chi connectivity index (χ3n) is 3.21. The lowest BCUT2D eigenvalue weighted by Gasteiger charge is -2.26. The fourth-order valence-electron chi connectivity index (χ4n) is 2.05. The quantitative estimate of drug-likeness (QED) is 0.833. The van der Waals surface area contributed by atoms with Crippen LogP contribution in [0.15, 0.2) is 0 Å². The molecule has 1 aromatic rings. The van der Waals surface area contributed by atoms with Crippen molar-refractivity contribution in [2.75, 3.05) is 6.54 Å². The van der Waals surface area contributed by atoms with E-state index in [2.05, 4.69) is 5.10 Å². The summed E-state index contributed by atoms with van der Waals surface area (Å²) in [5, 5.41) is 4.29. The number of hydrogen-bond acceptors (Lipinski definition) is 3. The molecule has 1 heterocycles. The van der Waals surface area contributed by atoms with Crippen LogP contribution in [0.1, 0.15) is 42.0 Å². The third kappa shape index (κ3) is 3.53. The van der Waals surface area contributed by atoms with Crippen LogP contribution in [0, 0.1) is 13.8 Å². The Hall–Kier alpha value is -1.43. The Labute approximate surface area is 119 Å². The summed E-state index contributed by atoms with van der Waals surface area (Å²) in [4.78, 5) is 14.9. The minimum Gasteiger partial charge on any atom is -0.393 e. The summed E-state index contributed by atoms with van der Waals surface area (Å²) in [7, 11) is 1.84. The number of carbonyl (C=O) groups is 1. The van der Waals surface area contributed by atoms with E-state index in [9.17, 15) is 4.79 Å². The second kappa shape index (κ2) is 6.14. The van der Waals surface area contributed by atoms with Gasteiger partial charge in [0.05, 0.1) is 16.2 Å². The van der Waals surface area contributed by atoms with Gasteiger partial charge in [-0.1, -0.05) is 12.2 Å². The van der Waals surface area contributed by atoms with Gasteiger partial charge in [-0.05, 0) is 27.7 Å². The Morgan fingerprint density at radius 1 is 1.47 bits per heavy atom. The molecule has 6 heteroatoms. The van der Waals surface area contributed by atoms with Gasteiger partial charge in [0.1, 0.15) is 0 Å². The summed E-state index contributed by atoms with van der Waals surface area (Å²) in [5.74, 6) is -0.00523. The van der Waals surface area contributed by atoms with Crippen molar-refractivity contribution < 1.29 is 4.79 Å². The fraction of sp³-hybridized carbons (Fsp3) is 0.615. The number of aromatic nitrogens is 2. The van der Waals surface area contributed by atoms with Crippen LogP contribution in [-0.4, -0.2) is 38.2 Å². The lowest BCUT2D eigenvalue weighted by Crippen LogP contribution is -2.39. The molecule has 5 nitrogen and oxygen atoms in total. The second-order valence-electron chi connectivity index (χ2n) is 4.98. The summed E-state index contributed by atoms with van der Waals surface area (Å²) >= 11 is 4.88. The van der Waals surface area contributed by atoms with Crippen LogP contribution in [0.2, 0.25) is 0 Å². The van der Waals surface area contributed by atoms with E-state index in [4.69, 9.17) is 18.0 Å². The van der Waals surface area contributed by atoms with Crippen molar-refractivity contribution in [2.45, 2.75) is 40.2 Å². The Balaban J connectivity index is 3.02. The number of nitrogens with zero attached hydrogens (tertiary/aromatic N) is 3. The number of thiocarbonyl (C=S) groups is 1. The van der Waals surface area contributed by atoms with Crippen LogP contribution in [0.25, 0.3) is 0 Å². The maximum atomic E-state index is 12.6. The topological polar surface area (TPSA) is 64.2 Å². The highest BCUT2D eigenvalue weighted by Crippen LogP contribution is 2.16. The molecule has 1 rings (SSSR count). The van der Waals surface area contributed by atoms with E-state index in [1.54, 1.807) is 9.58 Å². The van der Waals surface area contributed by atoms with E-state index in [-0.39, 0.29) is 11.9 Å². The molecule has 0 bridgehead atoms. The first-order valence-corrected chi connectivity index (χ1v) is 6.76. The summed E-state index contributed by atoms with van der Waals surface area (Å²) in [6.07, 6.45) is 0.539. The largest absolute Gasteiger partial charge is 0.393 e. The molecule has 0 saturated heterocycles. The number of amides is 1. The average Bonchev–Trinajstić information content (AvgIpc) is 2.52. The van der Waals surface area contributed by atoms with Gasteiger partial charge in [-0.3, -0.25) is 9.48 Å². The van der Waals surface area contributed by atoms with Crippen LogP contribution in [0.3, 0.4) is 0 Å². The third-order valence-corrected chi connectivity index (χ3v) is 3.41. The molecule has 0 aliphatic carbocycles. The summed E-state index contributed by atoms with van der Waals surface area (Å²) in [6, 6.07) is 0.0980. The molecule has 0 atom stereocenters. The van der Waals surface area contributed by atoms with Gasteiger partial charge >= 0.3 is 0 Å². The van der Waals surface area contributed by atoms with E-state index in [1.165, 1.54) is 0 Å². The predicted molar refractivity (Wildman–Crippen MR) is 80.3 cm³/mol. The molecule has 106 valence electrons. The van der Waals surface area contributed by atoms with Crippen molar-refractivity contribution in [3.8, 4) is 0 Å². The van der Waals surface area contributed by atoms with Gasteiger partial charge in [-0.15, -0.1) is 0 Å². The molecule has 1 aromatic heterocycles. The van der Waals surface area contributed by atoms with Gasteiger partial charge in [0, 0.05) is 31.7 Å². The van der Waals surface area contributed by atoms with Gasteiger partial charge in [-0.2, -0.15) is 5.10 Å². The zero-order valence-electron chi connectivity index (χ0n) is 12.2. The van der Waals surface area contributed by atoms with Crippen LogP contribution < -0.4 is 5.73 Å². The lowest BCUT2D eigenvalue weighted by atomic mass is 10.1. The minimum atomic E-state index is -0.00523. The van der Waals surface area contributed by atoms with E-state index >= 15 is 0 Å². The number of hydrogen-bond donors (Lipinski definition) is 1. The number of nitrogens with two attached hydrogens (primary N) is 1. The average molecular weight is 282 g/mol. The van der Waals surface area contributed by atoms with Crippen molar-refractivity contribution in [3.05, 3.63) is 17.0 Å². The van der Waals surface area contributed by atoms with Gasteiger partial charge in [0.2, 0.25) is 0 Å². The highest BCUT2D eigenvalue weighted by molar-refractivity contribution is 7.80. The minimum absolute atomic E-state index is 0.00523. The van der Waals surface area contributed by atoms with Crippen molar-refractivity contribution >= 4 is 23.1 Å². The first-order valence-electron chi connectivity index (χ1n) is 6.35. The molecule has 0 spiro atoms. The molecular weight excluding hydrogens is 260 g/mol. The summed E-state index contributed by atoms with van der Waals surface area (Å²) in [5.41, 5.74) is 7.83. The maximum Gasteiger partial charge on any atom is 0.257 e. The lowest BCUT2D eigenvalue weighted by molar-refractivity contribution is 0.0710. The van der Waals surface area contributed by atoms with Crippen LogP contribution in [0.5, 0.6) is 0 Å². The highest BCUT2D eigenvalue weighted by Gasteiger charge is 2.24. The van der Waals surface area contributed by atoms with Crippen molar-refractivity contribution in [2.24, 2.45) is 12.8 Å². The van der Waals surface area contributed by atoms with Crippen LogP contribution in [-0.2, 0) is 7.05 Å². The molecule has 1 amide bonds. The van der Waals surface area contributed by atoms with Crippen molar-refractivity contribution in [1.82, 2.24) is 14.7 Å². The normalized spacial score (nSPS) is 10.8. The molecule has 0 aliphatic heterocycles. The van der Waals surface area contributed by atoms with Gasteiger partial charge < -0.3 is 10.6 Å². The summed E-state index contributed by atoms with van der Waals surface area (Å²) in [6.45, 7) is 8.27. The molecule has 19 heavy (non-hydrogen) atoms. The number of carbonyl (C=O) groups excluding carboxylic acids is 1. The Morgan fingerprint density at radius 3 is 2.42 bits per heavy atom. The maximum absolute atomic E-state index is 12.6. The zero-order chi connectivity index (χ0) is 14.7. The molecular formula is C13H22N4OS. The first-order chi connectivity index (χ1) is 8.75. The Kier molecular flexibility index (Phi) is 5.05. The molecule has 0 saturated carbocycles.